The number of nitriles is 1. The van der Waals surface area contributed by atoms with Gasteiger partial charge in [0, 0.05) is 24.0 Å². The predicted molar refractivity (Wildman–Crippen MR) is 83.6 cm³/mol. The second kappa shape index (κ2) is 5.94. The van der Waals surface area contributed by atoms with Gasteiger partial charge in [0.05, 0.1) is 11.6 Å². The second-order valence-corrected chi connectivity index (χ2v) is 5.95. The molecule has 0 spiro atoms. The number of carbonyl (C=O) groups excluding carboxylic acids is 1. The number of fused-ring (bicyclic) bond motifs is 1. The number of hydrogen-bond donors (Lipinski definition) is 0. The molecule has 1 aliphatic rings. The summed E-state index contributed by atoms with van der Waals surface area (Å²) in [6.07, 6.45) is 4.36. The van der Waals surface area contributed by atoms with Gasteiger partial charge in [-0.3, -0.25) is 4.79 Å². The van der Waals surface area contributed by atoms with Crippen LogP contribution in [0, 0.1) is 11.3 Å². The lowest BCUT2D eigenvalue weighted by atomic mass is 10.1. The first-order chi connectivity index (χ1) is 10.3. The molecular weight excluding hydrogens is 280 g/mol. The maximum atomic E-state index is 12.2. The maximum Gasteiger partial charge on any atom is 0.246 e. The fourth-order valence-corrected chi connectivity index (χ4v) is 3.27. The molecule has 0 atom stereocenters. The molecule has 0 N–H and O–H groups in total. The Hall–Kier alpha value is -2.38. The van der Waals surface area contributed by atoms with E-state index in [1.54, 1.807) is 35.6 Å². The lowest BCUT2D eigenvalue weighted by Gasteiger charge is -2.25. The van der Waals surface area contributed by atoms with Gasteiger partial charge in [-0.15, -0.1) is 11.3 Å². The fourth-order valence-electron chi connectivity index (χ4n) is 2.38. The lowest BCUT2D eigenvalue weighted by molar-refractivity contribution is -0.126. The number of benzene rings is 1. The Balaban J connectivity index is 1.66. The van der Waals surface area contributed by atoms with Crippen LogP contribution in [0.3, 0.4) is 0 Å². The van der Waals surface area contributed by atoms with Crippen molar-refractivity contribution in [1.82, 2.24) is 4.90 Å². The summed E-state index contributed by atoms with van der Waals surface area (Å²) in [7, 11) is 0. The van der Waals surface area contributed by atoms with Crippen molar-refractivity contribution < 1.29 is 4.79 Å². The van der Waals surface area contributed by atoms with Crippen molar-refractivity contribution in [2.24, 2.45) is 0 Å². The Kier molecular flexibility index (Phi) is 3.85. The molecule has 0 saturated carbocycles. The topological polar surface area (TPSA) is 44.1 Å². The molecule has 0 fully saturated rings. The van der Waals surface area contributed by atoms with Crippen LogP contribution in [0.1, 0.15) is 21.6 Å². The van der Waals surface area contributed by atoms with Gasteiger partial charge in [0.15, 0.2) is 0 Å². The van der Waals surface area contributed by atoms with Gasteiger partial charge in [-0.2, -0.15) is 5.26 Å². The summed E-state index contributed by atoms with van der Waals surface area (Å²) < 4.78 is 0. The summed E-state index contributed by atoms with van der Waals surface area (Å²) >= 11 is 1.77. The molecule has 2 aromatic rings. The molecule has 21 heavy (non-hydrogen) atoms. The number of amides is 1. The van der Waals surface area contributed by atoms with Crippen molar-refractivity contribution in [2.45, 2.75) is 13.0 Å². The predicted octanol–water partition coefficient (Wildman–Crippen LogP) is 3.22. The quantitative estimate of drug-likeness (QED) is 0.798. The normalized spacial score (nSPS) is 14.0. The van der Waals surface area contributed by atoms with E-state index in [0.717, 1.165) is 18.5 Å². The minimum atomic E-state index is 0.0382. The van der Waals surface area contributed by atoms with E-state index in [1.165, 1.54) is 10.4 Å². The van der Waals surface area contributed by atoms with Gasteiger partial charge in [-0.1, -0.05) is 12.1 Å². The van der Waals surface area contributed by atoms with Gasteiger partial charge in [0.2, 0.25) is 5.91 Å². The summed E-state index contributed by atoms with van der Waals surface area (Å²) in [6.45, 7) is 1.49. The summed E-state index contributed by atoms with van der Waals surface area (Å²) in [5.41, 5.74) is 2.82. The highest BCUT2D eigenvalue weighted by molar-refractivity contribution is 7.10. The SMILES string of the molecule is N#Cc1ccc(/C=C/C(=O)N2CCc3sccc3C2)cc1. The number of nitrogens with zero attached hydrogens (tertiary/aromatic N) is 2. The van der Waals surface area contributed by atoms with Crippen molar-refractivity contribution in [3.8, 4) is 6.07 Å². The zero-order chi connectivity index (χ0) is 14.7. The van der Waals surface area contributed by atoms with Crippen LogP contribution in [0.4, 0.5) is 0 Å². The van der Waals surface area contributed by atoms with Gasteiger partial charge in [0.25, 0.3) is 0 Å². The number of rotatable bonds is 2. The van der Waals surface area contributed by atoms with Crippen LogP contribution in [0.25, 0.3) is 6.08 Å². The third kappa shape index (κ3) is 3.04. The zero-order valence-corrected chi connectivity index (χ0v) is 12.3. The Bertz CT molecular complexity index is 722. The molecular formula is C17H14N2OS. The minimum absolute atomic E-state index is 0.0382. The van der Waals surface area contributed by atoms with Crippen LogP contribution >= 0.6 is 11.3 Å². The van der Waals surface area contributed by atoms with Crippen molar-refractivity contribution in [3.05, 3.63) is 63.4 Å². The van der Waals surface area contributed by atoms with Crippen molar-refractivity contribution >= 4 is 23.3 Å². The molecule has 1 aromatic carbocycles. The first-order valence-electron chi connectivity index (χ1n) is 6.78. The molecule has 4 heteroatoms. The highest BCUT2D eigenvalue weighted by Gasteiger charge is 2.19. The molecule has 0 saturated heterocycles. The molecule has 1 amide bonds. The van der Waals surface area contributed by atoms with Crippen LogP contribution in [0.5, 0.6) is 0 Å². The monoisotopic (exact) mass is 294 g/mol. The van der Waals surface area contributed by atoms with Crippen molar-refractivity contribution in [2.75, 3.05) is 6.54 Å². The van der Waals surface area contributed by atoms with Crippen LogP contribution in [-0.2, 0) is 17.8 Å². The summed E-state index contributed by atoms with van der Waals surface area (Å²) in [6, 6.07) is 11.4. The number of hydrogen-bond acceptors (Lipinski definition) is 3. The van der Waals surface area contributed by atoms with Gasteiger partial charge in [0.1, 0.15) is 0 Å². The van der Waals surface area contributed by atoms with E-state index in [4.69, 9.17) is 5.26 Å². The molecule has 104 valence electrons. The van der Waals surface area contributed by atoms with E-state index >= 15 is 0 Å². The average Bonchev–Trinajstić information content (AvgIpc) is 3.00. The molecule has 3 nitrogen and oxygen atoms in total. The zero-order valence-electron chi connectivity index (χ0n) is 11.5. The number of thiophene rings is 1. The Labute approximate surface area is 127 Å². The van der Waals surface area contributed by atoms with Crippen LogP contribution in [0.15, 0.2) is 41.8 Å². The largest absolute Gasteiger partial charge is 0.334 e. The van der Waals surface area contributed by atoms with E-state index in [1.807, 2.05) is 17.0 Å². The van der Waals surface area contributed by atoms with Gasteiger partial charge in [-0.05, 0) is 47.2 Å². The van der Waals surface area contributed by atoms with Gasteiger partial charge < -0.3 is 4.90 Å². The maximum absolute atomic E-state index is 12.2. The van der Waals surface area contributed by atoms with Crippen molar-refractivity contribution in [1.29, 1.82) is 5.26 Å². The van der Waals surface area contributed by atoms with Crippen molar-refractivity contribution in [3.63, 3.8) is 0 Å². The Morgan fingerprint density at radius 3 is 2.86 bits per heavy atom. The molecule has 0 aliphatic carbocycles. The fraction of sp³-hybridized carbons (Fsp3) is 0.176. The average molecular weight is 294 g/mol. The van der Waals surface area contributed by atoms with E-state index in [9.17, 15) is 4.79 Å². The third-order valence-corrected chi connectivity index (χ3v) is 4.60. The van der Waals surface area contributed by atoms with Gasteiger partial charge in [-0.25, -0.2) is 0 Å². The number of carbonyl (C=O) groups is 1. The third-order valence-electron chi connectivity index (χ3n) is 3.58. The molecule has 1 aliphatic heterocycles. The van der Waals surface area contributed by atoms with Gasteiger partial charge >= 0.3 is 0 Å². The first-order valence-corrected chi connectivity index (χ1v) is 7.66. The molecule has 3 rings (SSSR count). The standard InChI is InChI=1S/C17H14N2OS/c18-11-14-3-1-13(2-4-14)5-6-17(20)19-9-7-16-15(12-19)8-10-21-16/h1-6,8,10H,7,9,12H2/b6-5+. The molecule has 2 heterocycles. The van der Waals surface area contributed by atoms with E-state index < -0.39 is 0 Å². The minimum Gasteiger partial charge on any atom is -0.334 e. The Morgan fingerprint density at radius 2 is 2.10 bits per heavy atom. The summed E-state index contributed by atoms with van der Waals surface area (Å²) in [5.74, 6) is 0.0382. The second-order valence-electron chi connectivity index (χ2n) is 4.95. The summed E-state index contributed by atoms with van der Waals surface area (Å²) in [5, 5.41) is 10.8. The van der Waals surface area contributed by atoms with Crippen LogP contribution in [-0.4, -0.2) is 17.4 Å². The van der Waals surface area contributed by atoms with E-state index in [0.29, 0.717) is 12.1 Å². The molecule has 0 radical (unpaired) electrons. The highest BCUT2D eigenvalue weighted by Crippen LogP contribution is 2.24. The molecule has 1 aromatic heterocycles. The van der Waals surface area contributed by atoms with E-state index in [2.05, 4.69) is 17.5 Å². The lowest BCUT2D eigenvalue weighted by Crippen LogP contribution is -2.34. The molecule has 0 unspecified atom stereocenters. The Morgan fingerprint density at radius 1 is 1.29 bits per heavy atom. The summed E-state index contributed by atoms with van der Waals surface area (Å²) in [4.78, 5) is 15.5. The molecule has 0 bridgehead atoms. The highest BCUT2D eigenvalue weighted by atomic mass is 32.1. The smallest absolute Gasteiger partial charge is 0.246 e. The first kappa shape index (κ1) is 13.6. The van der Waals surface area contributed by atoms with Crippen LogP contribution < -0.4 is 0 Å². The van der Waals surface area contributed by atoms with Crippen LogP contribution in [0.2, 0.25) is 0 Å². The van der Waals surface area contributed by atoms with E-state index in [-0.39, 0.29) is 5.91 Å².